The standard InChI is InChI=1S/C14H18S2.2CHF3O3S/c1-15(2)13-10-14(16(3)4)12-9-7-5-6-8-11(12)13;2*2-1(3,4)8(5,6)7/h5-10H,1-4H3;2*(H,5,6,7)/q+2;;/p-2. The molecule has 0 amide bonds. The van der Waals surface area contributed by atoms with Crippen LogP contribution in [0.5, 0.6) is 0 Å². The van der Waals surface area contributed by atoms with E-state index in [4.69, 9.17) is 25.9 Å². The molecule has 0 spiro atoms. The molecular weight excluding hydrogens is 530 g/mol. The van der Waals surface area contributed by atoms with E-state index in [0.717, 1.165) is 0 Å². The Morgan fingerprint density at radius 3 is 1.09 bits per heavy atom. The molecule has 0 unspecified atom stereocenters. The van der Waals surface area contributed by atoms with E-state index < -0.39 is 31.3 Å². The predicted octanol–water partition coefficient (Wildman–Crippen LogP) is 3.37. The van der Waals surface area contributed by atoms with Gasteiger partial charge >= 0.3 is 11.0 Å². The summed E-state index contributed by atoms with van der Waals surface area (Å²) in [5, 5.41) is 0. The molecular formula is C16H18F6O6S4. The van der Waals surface area contributed by atoms with Gasteiger partial charge in [-0.1, -0.05) is 18.2 Å². The smallest absolute Gasteiger partial charge is 0.485 e. The van der Waals surface area contributed by atoms with Gasteiger partial charge in [-0.15, -0.1) is 0 Å². The van der Waals surface area contributed by atoms with Crippen LogP contribution in [0.1, 0.15) is 0 Å². The monoisotopic (exact) mass is 548 g/mol. The Labute approximate surface area is 187 Å². The van der Waals surface area contributed by atoms with Crippen molar-refractivity contribution in [2.45, 2.75) is 20.8 Å². The lowest BCUT2D eigenvalue weighted by atomic mass is 10.2. The van der Waals surface area contributed by atoms with Gasteiger partial charge in [0.15, 0.2) is 30.0 Å². The molecule has 0 aromatic rings. The molecule has 0 N–H and O–H groups in total. The fraction of sp³-hybridized carbons (Fsp3) is 0.375. The predicted molar refractivity (Wildman–Crippen MR) is 110 cm³/mol. The molecule has 16 heteroatoms. The van der Waals surface area contributed by atoms with Crippen LogP contribution in [0, 0.1) is 0 Å². The normalized spacial score (nSPS) is 12.8. The molecule has 6 nitrogen and oxygen atoms in total. The van der Waals surface area contributed by atoms with Crippen molar-refractivity contribution < 1.29 is 52.3 Å². The molecule has 2 rings (SSSR count). The van der Waals surface area contributed by atoms with Crippen molar-refractivity contribution in [2.75, 3.05) is 25.0 Å². The first-order chi connectivity index (χ1) is 14.1. The minimum Gasteiger partial charge on any atom is -0.741 e. The Kier molecular flexibility index (Phi) is 10.9. The van der Waals surface area contributed by atoms with E-state index >= 15 is 0 Å². The number of fused-ring (bicyclic) bond motifs is 1. The lowest BCUT2D eigenvalue weighted by Gasteiger charge is -2.08. The lowest BCUT2D eigenvalue weighted by Crippen LogP contribution is -2.21. The van der Waals surface area contributed by atoms with Crippen molar-refractivity contribution in [3.63, 3.8) is 0 Å². The van der Waals surface area contributed by atoms with Gasteiger partial charge in [0.2, 0.25) is 0 Å². The maximum Gasteiger partial charge on any atom is 0.485 e. The molecule has 0 aromatic carbocycles. The van der Waals surface area contributed by atoms with Gasteiger partial charge in [-0.05, 0) is 12.1 Å². The zero-order chi connectivity index (χ0) is 25.7. The SMILES string of the molecule is C[S+](C)c1cc([S+](C)C)c2cccccc1-2.O=S(=O)([O-])C(F)(F)F.O=S(=O)([O-])C(F)(F)F. The van der Waals surface area contributed by atoms with Crippen molar-refractivity contribution in [1.29, 1.82) is 0 Å². The highest BCUT2D eigenvalue weighted by molar-refractivity contribution is 7.96. The summed E-state index contributed by atoms with van der Waals surface area (Å²) in [5.41, 5.74) is -8.41. The van der Waals surface area contributed by atoms with E-state index in [1.54, 1.807) is 0 Å². The first-order valence-corrected chi connectivity index (χ1v) is 14.7. The summed E-state index contributed by atoms with van der Waals surface area (Å²) in [7, 11) is -11.5. The van der Waals surface area contributed by atoms with Gasteiger partial charge in [0.25, 0.3) is 0 Å². The number of rotatable bonds is 2. The van der Waals surface area contributed by atoms with Crippen molar-refractivity contribution in [3.05, 3.63) is 36.4 Å². The summed E-state index contributed by atoms with van der Waals surface area (Å²) in [6.07, 6.45) is 9.20. The van der Waals surface area contributed by atoms with Crippen LogP contribution in [-0.4, -0.2) is 62.0 Å². The van der Waals surface area contributed by atoms with Crippen LogP contribution >= 0.6 is 0 Å². The molecule has 0 saturated carbocycles. The van der Waals surface area contributed by atoms with Gasteiger partial charge in [0.05, 0.1) is 0 Å². The Morgan fingerprint density at radius 1 is 0.656 bits per heavy atom. The number of hydrogen-bond donors (Lipinski definition) is 0. The van der Waals surface area contributed by atoms with Crippen LogP contribution in [-0.2, 0) is 42.0 Å². The van der Waals surface area contributed by atoms with Crippen molar-refractivity contribution in [2.24, 2.45) is 0 Å². The fourth-order valence-corrected chi connectivity index (χ4v) is 3.94. The molecule has 0 fully saturated rings. The third-order valence-corrected chi connectivity index (χ3v) is 6.85. The molecule has 2 aliphatic rings. The van der Waals surface area contributed by atoms with Gasteiger partial charge < -0.3 is 9.11 Å². The summed E-state index contributed by atoms with van der Waals surface area (Å²) < 4.78 is 118. The van der Waals surface area contributed by atoms with E-state index in [1.807, 2.05) is 0 Å². The summed E-state index contributed by atoms with van der Waals surface area (Å²) in [6.45, 7) is 0. The molecule has 2 aliphatic carbocycles. The minimum absolute atomic E-state index is 0.334. The first kappa shape index (κ1) is 30.8. The maximum atomic E-state index is 10.7. The van der Waals surface area contributed by atoms with Gasteiger partial charge in [-0.3, -0.25) is 0 Å². The zero-order valence-corrected chi connectivity index (χ0v) is 20.1. The second-order valence-corrected chi connectivity index (χ2v) is 12.9. The third kappa shape index (κ3) is 9.35. The van der Waals surface area contributed by atoms with Crippen LogP contribution in [0.25, 0.3) is 11.1 Å². The highest BCUT2D eigenvalue weighted by atomic mass is 32.2. The van der Waals surface area contributed by atoms with Crippen molar-refractivity contribution in [3.8, 4) is 11.1 Å². The molecule has 0 aromatic heterocycles. The maximum absolute atomic E-state index is 10.7. The Balaban J connectivity index is 0.000000510. The first-order valence-electron chi connectivity index (χ1n) is 7.82. The molecule has 0 atom stereocenters. The second kappa shape index (κ2) is 11.3. The average molecular weight is 549 g/mol. The summed E-state index contributed by atoms with van der Waals surface area (Å²) in [6, 6.07) is 13.3. The zero-order valence-electron chi connectivity index (χ0n) is 16.8. The number of hydrogen-bond acceptors (Lipinski definition) is 6. The summed E-state index contributed by atoms with van der Waals surface area (Å²) in [4.78, 5) is 3.03. The number of halogens is 6. The lowest BCUT2D eigenvalue weighted by molar-refractivity contribution is -0.0522. The average Bonchev–Trinajstić information content (AvgIpc) is 2.75. The van der Waals surface area contributed by atoms with Crippen LogP contribution in [0.2, 0.25) is 0 Å². The second-order valence-electron chi connectivity index (χ2n) is 6.04. The van der Waals surface area contributed by atoms with Crippen LogP contribution < -0.4 is 0 Å². The third-order valence-electron chi connectivity index (χ3n) is 3.28. The summed E-state index contributed by atoms with van der Waals surface area (Å²) >= 11 is 0. The molecule has 0 bridgehead atoms. The molecule has 0 radical (unpaired) electrons. The Hall–Kier alpha value is -1.20. The highest BCUT2D eigenvalue weighted by Gasteiger charge is 2.37. The largest absolute Gasteiger partial charge is 0.741 e. The van der Waals surface area contributed by atoms with Gasteiger partial charge in [0.1, 0.15) is 25.0 Å². The van der Waals surface area contributed by atoms with Gasteiger partial charge in [-0.25, -0.2) is 16.8 Å². The molecule has 0 heterocycles. The van der Waals surface area contributed by atoms with Crippen LogP contribution in [0.4, 0.5) is 26.3 Å². The van der Waals surface area contributed by atoms with Gasteiger partial charge in [0, 0.05) is 39.0 Å². The van der Waals surface area contributed by atoms with Crippen molar-refractivity contribution >= 4 is 42.0 Å². The number of alkyl halides is 6. The van der Waals surface area contributed by atoms with E-state index in [1.165, 1.54) is 20.9 Å². The van der Waals surface area contributed by atoms with Crippen LogP contribution in [0.15, 0.2) is 46.2 Å². The van der Waals surface area contributed by atoms with Gasteiger partial charge in [-0.2, -0.15) is 26.3 Å². The minimum atomic E-state index is -6.09. The molecule has 184 valence electrons. The molecule has 0 saturated heterocycles. The fourth-order valence-electron chi connectivity index (χ4n) is 1.93. The van der Waals surface area contributed by atoms with E-state index in [0.29, 0.717) is 21.8 Å². The topological polar surface area (TPSA) is 114 Å². The van der Waals surface area contributed by atoms with Crippen molar-refractivity contribution in [1.82, 2.24) is 0 Å². The van der Waals surface area contributed by atoms with Crippen LogP contribution in [0.3, 0.4) is 0 Å². The Morgan fingerprint density at radius 2 is 0.906 bits per heavy atom. The molecule has 32 heavy (non-hydrogen) atoms. The molecule has 0 aliphatic heterocycles. The quantitative estimate of drug-likeness (QED) is 0.246. The van der Waals surface area contributed by atoms with E-state index in [2.05, 4.69) is 61.4 Å². The highest BCUT2D eigenvalue weighted by Crippen LogP contribution is 2.37. The van der Waals surface area contributed by atoms with E-state index in [9.17, 15) is 26.3 Å². The summed E-state index contributed by atoms with van der Waals surface area (Å²) in [5.74, 6) is 0. The Bertz CT molecular complexity index is 981. The van der Waals surface area contributed by atoms with E-state index in [-0.39, 0.29) is 0 Å².